The quantitative estimate of drug-likeness (QED) is 0.453. The van der Waals surface area contributed by atoms with E-state index in [2.05, 4.69) is 5.32 Å². The smallest absolute Gasteiger partial charge is 0.219 e. The number of hydrogen-bond acceptors (Lipinski definition) is 3. The molecular formula is C8H17NO3. The van der Waals surface area contributed by atoms with E-state index in [1.807, 2.05) is 13.8 Å². The Kier molecular flexibility index (Phi) is 8.05. The lowest BCUT2D eigenvalue weighted by atomic mass is 10.4. The van der Waals surface area contributed by atoms with Crippen molar-refractivity contribution in [2.24, 2.45) is 0 Å². The number of hydrogen-bond donors (Lipinski definition) is 1. The first-order chi connectivity index (χ1) is 5.81. The van der Waals surface area contributed by atoms with Gasteiger partial charge in [-0.3, -0.25) is 4.79 Å². The minimum absolute atomic E-state index is 0.0509. The third-order valence-corrected chi connectivity index (χ3v) is 1.26. The van der Waals surface area contributed by atoms with E-state index >= 15 is 0 Å². The molecule has 0 saturated carbocycles. The summed E-state index contributed by atoms with van der Waals surface area (Å²) in [5, 5.41) is 2.69. The van der Waals surface area contributed by atoms with Crippen LogP contribution in [0.25, 0.3) is 0 Å². The van der Waals surface area contributed by atoms with Crippen LogP contribution >= 0.6 is 0 Å². The van der Waals surface area contributed by atoms with Crippen LogP contribution in [-0.2, 0) is 14.3 Å². The van der Waals surface area contributed by atoms with E-state index < -0.39 is 0 Å². The molecule has 0 aromatic carbocycles. The van der Waals surface area contributed by atoms with Crippen LogP contribution in [0.3, 0.4) is 0 Å². The third kappa shape index (κ3) is 7.50. The number of amides is 1. The molecule has 0 aromatic rings. The van der Waals surface area contributed by atoms with Crippen LogP contribution in [0.1, 0.15) is 20.3 Å². The zero-order valence-corrected chi connectivity index (χ0v) is 7.76. The Bertz CT molecular complexity index is 117. The molecule has 72 valence electrons. The Morgan fingerprint density at radius 1 is 1.33 bits per heavy atom. The van der Waals surface area contributed by atoms with Gasteiger partial charge in [0.2, 0.25) is 5.91 Å². The Morgan fingerprint density at radius 3 is 2.67 bits per heavy atom. The summed E-state index contributed by atoms with van der Waals surface area (Å²) >= 11 is 0. The molecule has 0 heterocycles. The summed E-state index contributed by atoms with van der Waals surface area (Å²) in [6.07, 6.45) is 0.519. The topological polar surface area (TPSA) is 47.6 Å². The van der Waals surface area contributed by atoms with E-state index in [0.29, 0.717) is 33.0 Å². The first kappa shape index (κ1) is 11.4. The fraction of sp³-hybridized carbons (Fsp3) is 0.875. The highest BCUT2D eigenvalue weighted by atomic mass is 16.7. The summed E-state index contributed by atoms with van der Waals surface area (Å²) < 4.78 is 9.96. The molecule has 0 saturated heterocycles. The van der Waals surface area contributed by atoms with Gasteiger partial charge in [0.1, 0.15) is 6.79 Å². The summed E-state index contributed by atoms with van der Waals surface area (Å²) in [5.41, 5.74) is 0. The molecule has 0 bridgehead atoms. The predicted molar refractivity (Wildman–Crippen MR) is 45.7 cm³/mol. The van der Waals surface area contributed by atoms with Crippen LogP contribution in [0.4, 0.5) is 0 Å². The van der Waals surface area contributed by atoms with E-state index in [9.17, 15) is 4.79 Å². The van der Waals surface area contributed by atoms with E-state index in [1.165, 1.54) is 0 Å². The van der Waals surface area contributed by atoms with Crippen molar-refractivity contribution in [3.05, 3.63) is 0 Å². The van der Waals surface area contributed by atoms with Gasteiger partial charge in [0.15, 0.2) is 0 Å². The van der Waals surface area contributed by atoms with Crippen LogP contribution in [-0.4, -0.2) is 32.5 Å². The number of carbonyl (C=O) groups excluding carboxylic acids is 1. The highest BCUT2D eigenvalue weighted by Gasteiger charge is 1.94. The number of nitrogens with one attached hydrogen (secondary N) is 1. The molecule has 0 atom stereocenters. The highest BCUT2D eigenvalue weighted by molar-refractivity contribution is 5.75. The molecule has 0 unspecified atom stereocenters. The van der Waals surface area contributed by atoms with Gasteiger partial charge in [-0.15, -0.1) is 0 Å². The number of carbonyl (C=O) groups is 1. The van der Waals surface area contributed by atoms with Crippen LogP contribution in [0.15, 0.2) is 0 Å². The van der Waals surface area contributed by atoms with Crippen LogP contribution in [0, 0.1) is 0 Å². The highest BCUT2D eigenvalue weighted by Crippen LogP contribution is 1.78. The number of ether oxygens (including phenoxy) is 2. The summed E-state index contributed by atoms with van der Waals surface area (Å²) in [5.74, 6) is 0.0509. The maximum atomic E-state index is 10.7. The molecule has 0 radical (unpaired) electrons. The van der Waals surface area contributed by atoms with Gasteiger partial charge in [0.25, 0.3) is 0 Å². The van der Waals surface area contributed by atoms with Gasteiger partial charge in [-0.05, 0) is 6.92 Å². The number of rotatable bonds is 7. The Morgan fingerprint density at radius 2 is 2.08 bits per heavy atom. The molecule has 0 rings (SSSR count). The second kappa shape index (κ2) is 8.49. The van der Waals surface area contributed by atoms with Crippen LogP contribution in [0.2, 0.25) is 0 Å². The monoisotopic (exact) mass is 175 g/mol. The fourth-order valence-corrected chi connectivity index (χ4v) is 0.589. The predicted octanol–water partition coefficient (Wildman–Crippen LogP) is 0.523. The van der Waals surface area contributed by atoms with E-state index in [4.69, 9.17) is 9.47 Å². The summed E-state index contributed by atoms with van der Waals surface area (Å²) in [6.45, 7) is 5.74. The lowest BCUT2D eigenvalue weighted by Crippen LogP contribution is -2.26. The average molecular weight is 175 g/mol. The second-order valence-electron chi connectivity index (χ2n) is 2.22. The summed E-state index contributed by atoms with van der Waals surface area (Å²) in [4.78, 5) is 10.7. The largest absolute Gasteiger partial charge is 0.356 e. The minimum atomic E-state index is 0.0509. The van der Waals surface area contributed by atoms with Gasteiger partial charge in [0.05, 0.1) is 6.61 Å². The molecule has 1 N–H and O–H groups in total. The van der Waals surface area contributed by atoms with E-state index in [1.54, 1.807) is 0 Å². The zero-order chi connectivity index (χ0) is 9.23. The maximum absolute atomic E-state index is 10.7. The molecule has 0 aromatic heterocycles. The molecule has 0 spiro atoms. The molecule has 0 aliphatic carbocycles. The van der Waals surface area contributed by atoms with Crippen molar-refractivity contribution >= 4 is 5.91 Å². The lowest BCUT2D eigenvalue weighted by Gasteiger charge is -2.04. The van der Waals surface area contributed by atoms with Crippen molar-refractivity contribution in [2.75, 3.05) is 26.6 Å². The van der Waals surface area contributed by atoms with Gasteiger partial charge in [0, 0.05) is 19.6 Å². The Balaban J connectivity index is 2.95. The van der Waals surface area contributed by atoms with Gasteiger partial charge < -0.3 is 14.8 Å². The molecule has 4 nitrogen and oxygen atoms in total. The average Bonchev–Trinajstić information content (AvgIpc) is 2.10. The van der Waals surface area contributed by atoms with Crippen molar-refractivity contribution in [2.45, 2.75) is 20.3 Å². The van der Waals surface area contributed by atoms with Gasteiger partial charge in [-0.2, -0.15) is 0 Å². The Hall–Kier alpha value is -0.610. The molecule has 1 amide bonds. The molecular weight excluding hydrogens is 158 g/mol. The summed E-state index contributed by atoms with van der Waals surface area (Å²) in [7, 11) is 0. The standard InChI is InChI=1S/C8H17NO3/c1-3-8(10)9-5-6-12-7-11-4-2/h3-7H2,1-2H3,(H,9,10). The SMILES string of the molecule is CCOCOCCNC(=O)CC. The molecule has 4 heteroatoms. The molecule has 0 aliphatic rings. The van der Waals surface area contributed by atoms with Gasteiger partial charge in [-0.25, -0.2) is 0 Å². The second-order valence-corrected chi connectivity index (χ2v) is 2.22. The zero-order valence-electron chi connectivity index (χ0n) is 7.76. The molecule has 0 fully saturated rings. The van der Waals surface area contributed by atoms with Crippen LogP contribution in [0.5, 0.6) is 0 Å². The van der Waals surface area contributed by atoms with Crippen molar-refractivity contribution in [1.29, 1.82) is 0 Å². The van der Waals surface area contributed by atoms with E-state index in [0.717, 1.165) is 0 Å². The van der Waals surface area contributed by atoms with Crippen molar-refractivity contribution < 1.29 is 14.3 Å². The third-order valence-electron chi connectivity index (χ3n) is 1.26. The normalized spacial score (nSPS) is 9.83. The van der Waals surface area contributed by atoms with Gasteiger partial charge in [-0.1, -0.05) is 6.92 Å². The van der Waals surface area contributed by atoms with Crippen molar-refractivity contribution in [3.63, 3.8) is 0 Å². The molecule has 12 heavy (non-hydrogen) atoms. The van der Waals surface area contributed by atoms with Crippen LogP contribution < -0.4 is 5.32 Å². The maximum Gasteiger partial charge on any atom is 0.219 e. The minimum Gasteiger partial charge on any atom is -0.356 e. The van der Waals surface area contributed by atoms with Gasteiger partial charge >= 0.3 is 0 Å². The lowest BCUT2D eigenvalue weighted by molar-refractivity contribution is -0.121. The van der Waals surface area contributed by atoms with Crippen molar-refractivity contribution in [1.82, 2.24) is 5.32 Å². The van der Waals surface area contributed by atoms with E-state index in [-0.39, 0.29) is 5.91 Å². The fourth-order valence-electron chi connectivity index (χ4n) is 0.589. The summed E-state index contributed by atoms with van der Waals surface area (Å²) in [6, 6.07) is 0. The molecule has 0 aliphatic heterocycles. The first-order valence-corrected chi connectivity index (χ1v) is 4.23. The van der Waals surface area contributed by atoms with Crippen molar-refractivity contribution in [3.8, 4) is 0 Å². The Labute approximate surface area is 73.2 Å². The first-order valence-electron chi connectivity index (χ1n) is 4.23.